The quantitative estimate of drug-likeness (QED) is 0.797. The molecule has 0 bridgehead atoms. The van der Waals surface area contributed by atoms with Gasteiger partial charge in [-0.15, -0.1) is 0 Å². The van der Waals surface area contributed by atoms with Crippen LogP contribution < -0.4 is 0 Å². The van der Waals surface area contributed by atoms with Crippen molar-refractivity contribution in [1.82, 2.24) is 4.90 Å². The first kappa shape index (κ1) is 14.6. The van der Waals surface area contributed by atoms with Gasteiger partial charge in [0.05, 0.1) is 13.0 Å². The third-order valence-corrected chi connectivity index (χ3v) is 4.88. The van der Waals surface area contributed by atoms with E-state index in [1.54, 1.807) is 0 Å². The molecule has 2 saturated heterocycles. The number of carbonyl (C=O) groups is 1. The molecule has 21 heavy (non-hydrogen) atoms. The summed E-state index contributed by atoms with van der Waals surface area (Å²) in [4.78, 5) is 14.6. The van der Waals surface area contributed by atoms with Crippen LogP contribution in [0.4, 0.5) is 0 Å². The van der Waals surface area contributed by atoms with Crippen molar-refractivity contribution in [2.24, 2.45) is 5.92 Å². The highest BCUT2D eigenvalue weighted by Gasteiger charge is 2.33. The molecule has 114 valence electrons. The van der Waals surface area contributed by atoms with E-state index in [9.17, 15) is 4.79 Å². The maximum absolute atomic E-state index is 12.0. The first-order chi connectivity index (χ1) is 10.3. The predicted molar refractivity (Wildman–Crippen MR) is 83.0 cm³/mol. The van der Waals surface area contributed by atoms with Gasteiger partial charge in [0.25, 0.3) is 0 Å². The van der Waals surface area contributed by atoms with Crippen molar-refractivity contribution in [3.8, 4) is 0 Å². The summed E-state index contributed by atoms with van der Waals surface area (Å²) in [6, 6.07) is 10.5. The highest BCUT2D eigenvalue weighted by molar-refractivity contribution is 5.72. The zero-order valence-corrected chi connectivity index (χ0v) is 12.7. The second kappa shape index (κ2) is 7.08. The Morgan fingerprint density at radius 1 is 1.10 bits per heavy atom. The standard InChI is InChI=1S/C18H25NO2/c20-18(13-15-7-2-1-3-8-15)21-14-16-9-6-12-19-11-5-4-10-17(16)19/h1-3,7-8,16-17H,4-6,9-14H2/t16-,17+/m0/s1. The summed E-state index contributed by atoms with van der Waals surface area (Å²) in [6.45, 7) is 3.07. The zero-order valence-electron chi connectivity index (χ0n) is 12.7. The van der Waals surface area contributed by atoms with Gasteiger partial charge >= 0.3 is 5.97 Å². The van der Waals surface area contributed by atoms with Gasteiger partial charge in [-0.05, 0) is 44.3 Å². The monoisotopic (exact) mass is 287 g/mol. The summed E-state index contributed by atoms with van der Waals surface area (Å²) in [5, 5.41) is 0. The van der Waals surface area contributed by atoms with Gasteiger partial charge in [0.15, 0.2) is 0 Å². The Labute approximate surface area is 127 Å². The maximum atomic E-state index is 12.0. The van der Waals surface area contributed by atoms with Gasteiger partial charge in [-0.1, -0.05) is 36.8 Å². The van der Waals surface area contributed by atoms with Gasteiger partial charge in [-0.25, -0.2) is 0 Å². The van der Waals surface area contributed by atoms with Crippen LogP contribution in [0, 0.1) is 5.92 Å². The van der Waals surface area contributed by atoms with Gasteiger partial charge in [0.2, 0.25) is 0 Å². The second-order valence-electron chi connectivity index (χ2n) is 6.35. The molecule has 0 spiro atoms. The topological polar surface area (TPSA) is 29.5 Å². The molecule has 2 heterocycles. The molecule has 0 radical (unpaired) electrons. The maximum Gasteiger partial charge on any atom is 0.310 e. The lowest BCUT2D eigenvalue weighted by Crippen LogP contribution is -2.49. The van der Waals surface area contributed by atoms with E-state index in [0.29, 0.717) is 25.0 Å². The molecule has 2 aliphatic heterocycles. The Morgan fingerprint density at radius 3 is 2.76 bits per heavy atom. The highest BCUT2D eigenvalue weighted by Crippen LogP contribution is 2.31. The normalized spacial score (nSPS) is 26.1. The average Bonchev–Trinajstić information content (AvgIpc) is 2.54. The summed E-state index contributed by atoms with van der Waals surface area (Å²) in [6.07, 6.45) is 6.78. The van der Waals surface area contributed by atoms with E-state index in [1.807, 2.05) is 30.3 Å². The van der Waals surface area contributed by atoms with Crippen molar-refractivity contribution in [2.75, 3.05) is 19.7 Å². The van der Waals surface area contributed by atoms with E-state index in [1.165, 1.54) is 45.2 Å². The molecule has 3 rings (SSSR count). The molecule has 2 aliphatic rings. The van der Waals surface area contributed by atoms with Crippen LogP contribution in [0.15, 0.2) is 30.3 Å². The Hall–Kier alpha value is -1.35. The number of nitrogens with zero attached hydrogens (tertiary/aromatic N) is 1. The number of hydrogen-bond acceptors (Lipinski definition) is 3. The molecular formula is C18H25NO2. The molecule has 0 amide bonds. The van der Waals surface area contributed by atoms with Crippen molar-refractivity contribution < 1.29 is 9.53 Å². The van der Waals surface area contributed by atoms with E-state index in [2.05, 4.69) is 4.90 Å². The van der Waals surface area contributed by atoms with Crippen molar-refractivity contribution in [3.63, 3.8) is 0 Å². The second-order valence-corrected chi connectivity index (χ2v) is 6.35. The largest absolute Gasteiger partial charge is 0.465 e. The molecule has 1 aromatic carbocycles. The van der Waals surface area contributed by atoms with E-state index in [0.717, 1.165) is 5.56 Å². The molecule has 0 aliphatic carbocycles. The van der Waals surface area contributed by atoms with Crippen LogP contribution in [0.3, 0.4) is 0 Å². The fourth-order valence-corrected chi connectivity index (χ4v) is 3.79. The number of carbonyl (C=O) groups excluding carboxylic acids is 1. The number of ether oxygens (including phenoxy) is 1. The summed E-state index contributed by atoms with van der Waals surface area (Å²) in [5.41, 5.74) is 1.03. The number of hydrogen-bond donors (Lipinski definition) is 0. The number of benzene rings is 1. The first-order valence-corrected chi connectivity index (χ1v) is 8.26. The van der Waals surface area contributed by atoms with Crippen LogP contribution in [0.1, 0.15) is 37.7 Å². The van der Waals surface area contributed by atoms with Crippen LogP contribution in [0.2, 0.25) is 0 Å². The predicted octanol–water partition coefficient (Wildman–Crippen LogP) is 3.04. The third-order valence-electron chi connectivity index (χ3n) is 4.88. The molecule has 0 aromatic heterocycles. The van der Waals surface area contributed by atoms with E-state index < -0.39 is 0 Å². The first-order valence-electron chi connectivity index (χ1n) is 8.26. The van der Waals surface area contributed by atoms with Crippen LogP contribution >= 0.6 is 0 Å². The van der Waals surface area contributed by atoms with Gasteiger partial charge in [-0.3, -0.25) is 9.69 Å². The SMILES string of the molecule is O=C(Cc1ccccc1)OC[C@@H]1CCCN2CCCC[C@H]12. The summed E-state index contributed by atoms with van der Waals surface area (Å²) < 4.78 is 5.57. The Balaban J connectivity index is 1.48. The fourth-order valence-electron chi connectivity index (χ4n) is 3.79. The van der Waals surface area contributed by atoms with Gasteiger partial charge in [0.1, 0.15) is 0 Å². The zero-order chi connectivity index (χ0) is 14.5. The lowest BCUT2D eigenvalue weighted by molar-refractivity contribution is -0.145. The molecule has 1 aromatic rings. The number of rotatable bonds is 4. The number of piperidine rings is 2. The van der Waals surface area contributed by atoms with Crippen molar-refractivity contribution in [1.29, 1.82) is 0 Å². The lowest BCUT2D eigenvalue weighted by Gasteiger charge is -2.44. The molecular weight excluding hydrogens is 262 g/mol. The van der Waals surface area contributed by atoms with Crippen molar-refractivity contribution in [2.45, 2.75) is 44.6 Å². The van der Waals surface area contributed by atoms with Crippen LogP contribution in [-0.4, -0.2) is 36.6 Å². The van der Waals surface area contributed by atoms with Crippen LogP contribution in [0.5, 0.6) is 0 Å². The van der Waals surface area contributed by atoms with E-state index in [-0.39, 0.29) is 5.97 Å². The van der Waals surface area contributed by atoms with Crippen molar-refractivity contribution >= 4 is 5.97 Å². The molecule has 2 fully saturated rings. The van der Waals surface area contributed by atoms with Crippen molar-refractivity contribution in [3.05, 3.63) is 35.9 Å². The molecule has 3 heteroatoms. The summed E-state index contributed by atoms with van der Waals surface area (Å²) in [7, 11) is 0. The molecule has 2 atom stereocenters. The molecule has 0 saturated carbocycles. The average molecular weight is 287 g/mol. The molecule has 3 nitrogen and oxygen atoms in total. The molecule has 0 N–H and O–H groups in total. The Kier molecular flexibility index (Phi) is 4.91. The summed E-state index contributed by atoms with van der Waals surface area (Å²) >= 11 is 0. The minimum atomic E-state index is -0.0888. The lowest BCUT2D eigenvalue weighted by atomic mass is 9.84. The smallest absolute Gasteiger partial charge is 0.310 e. The van der Waals surface area contributed by atoms with E-state index >= 15 is 0 Å². The third kappa shape index (κ3) is 3.85. The summed E-state index contributed by atoms with van der Waals surface area (Å²) in [5.74, 6) is 0.452. The molecule has 0 unspecified atom stereocenters. The Bertz CT molecular complexity index is 458. The van der Waals surface area contributed by atoms with E-state index in [4.69, 9.17) is 4.74 Å². The Morgan fingerprint density at radius 2 is 1.90 bits per heavy atom. The minimum Gasteiger partial charge on any atom is -0.465 e. The van der Waals surface area contributed by atoms with Gasteiger partial charge < -0.3 is 4.74 Å². The highest BCUT2D eigenvalue weighted by atomic mass is 16.5. The van der Waals surface area contributed by atoms with Gasteiger partial charge in [0, 0.05) is 12.0 Å². The van der Waals surface area contributed by atoms with Gasteiger partial charge in [-0.2, -0.15) is 0 Å². The van der Waals surface area contributed by atoms with Crippen LogP contribution in [0.25, 0.3) is 0 Å². The number of esters is 1. The van der Waals surface area contributed by atoms with Crippen LogP contribution in [-0.2, 0) is 16.0 Å². The fraction of sp³-hybridized carbons (Fsp3) is 0.611. The minimum absolute atomic E-state index is 0.0888. The number of fused-ring (bicyclic) bond motifs is 1.